The molecule has 1 atom stereocenters. The molecule has 0 spiro atoms. The number of carbonyl (C=O) groups is 2. The van der Waals surface area contributed by atoms with Crippen LogP contribution in [0.2, 0.25) is 0 Å². The molecular weight excluding hydrogens is 394 g/mol. The van der Waals surface area contributed by atoms with E-state index in [4.69, 9.17) is 4.74 Å². The summed E-state index contributed by atoms with van der Waals surface area (Å²) in [6, 6.07) is 11.4. The fourth-order valence-corrected chi connectivity index (χ4v) is 4.14. The number of aromatic amines is 1. The van der Waals surface area contributed by atoms with Gasteiger partial charge in [-0.1, -0.05) is 30.3 Å². The minimum absolute atomic E-state index is 0.00182. The Morgan fingerprint density at radius 1 is 1.16 bits per heavy atom. The number of nitrogens with zero attached hydrogens (tertiary/aromatic N) is 2. The largest absolute Gasteiger partial charge is 0.445 e. The number of nitrogens with one attached hydrogen (secondary N) is 3. The highest BCUT2D eigenvalue weighted by molar-refractivity contribution is 6.00. The molecule has 3 N–H and O–H groups in total. The topological polar surface area (TPSA) is 109 Å². The smallest absolute Gasteiger partial charge is 0.407 e. The monoisotopic (exact) mass is 421 g/mol. The molecule has 0 aliphatic heterocycles. The molecule has 1 fully saturated rings. The quantitative estimate of drug-likeness (QED) is 0.557. The fourth-order valence-electron chi connectivity index (χ4n) is 4.14. The lowest BCUT2D eigenvalue weighted by Gasteiger charge is -2.31. The maximum absolute atomic E-state index is 12.8. The van der Waals surface area contributed by atoms with Crippen LogP contribution in [0.1, 0.15) is 38.2 Å². The van der Waals surface area contributed by atoms with Gasteiger partial charge in [0.15, 0.2) is 5.65 Å². The number of hydrogen-bond acceptors (Lipinski definition) is 5. The highest BCUT2D eigenvalue weighted by Gasteiger charge is 2.30. The van der Waals surface area contributed by atoms with Crippen molar-refractivity contribution >= 4 is 28.7 Å². The minimum Gasteiger partial charge on any atom is -0.445 e. The molecule has 2 aromatic heterocycles. The molecule has 0 radical (unpaired) electrons. The molecule has 2 amide bonds. The Bertz CT molecular complexity index is 1030. The van der Waals surface area contributed by atoms with Gasteiger partial charge < -0.3 is 15.4 Å². The van der Waals surface area contributed by atoms with Crippen LogP contribution < -0.4 is 10.6 Å². The number of rotatable bonds is 6. The van der Waals surface area contributed by atoms with E-state index in [1.807, 2.05) is 37.3 Å². The van der Waals surface area contributed by atoms with Crippen molar-refractivity contribution in [2.75, 3.05) is 5.32 Å². The van der Waals surface area contributed by atoms with Gasteiger partial charge in [0.1, 0.15) is 6.61 Å². The molecule has 3 aromatic rings. The predicted molar refractivity (Wildman–Crippen MR) is 117 cm³/mol. The van der Waals surface area contributed by atoms with Crippen molar-refractivity contribution in [1.82, 2.24) is 20.5 Å². The van der Waals surface area contributed by atoms with Crippen LogP contribution in [0.15, 0.2) is 48.8 Å². The van der Waals surface area contributed by atoms with Gasteiger partial charge in [-0.3, -0.25) is 9.89 Å². The van der Waals surface area contributed by atoms with Crippen LogP contribution in [0.4, 0.5) is 10.5 Å². The average molecular weight is 422 g/mol. The van der Waals surface area contributed by atoms with Crippen molar-refractivity contribution in [3.63, 3.8) is 0 Å². The summed E-state index contributed by atoms with van der Waals surface area (Å²) >= 11 is 0. The summed E-state index contributed by atoms with van der Waals surface area (Å²) in [5.74, 6) is 0.313. The highest BCUT2D eigenvalue weighted by atomic mass is 16.5. The van der Waals surface area contributed by atoms with Crippen LogP contribution in [0, 0.1) is 11.8 Å². The Morgan fingerprint density at radius 3 is 2.71 bits per heavy atom. The molecule has 2 heterocycles. The summed E-state index contributed by atoms with van der Waals surface area (Å²) < 4.78 is 5.32. The summed E-state index contributed by atoms with van der Waals surface area (Å²) in [4.78, 5) is 29.1. The van der Waals surface area contributed by atoms with E-state index in [1.165, 1.54) is 0 Å². The lowest BCUT2D eigenvalue weighted by molar-refractivity contribution is -0.121. The molecule has 0 saturated heterocycles. The maximum atomic E-state index is 12.8. The highest BCUT2D eigenvalue weighted by Crippen LogP contribution is 2.32. The maximum Gasteiger partial charge on any atom is 0.407 e. The Kier molecular flexibility index (Phi) is 6.45. The molecule has 1 aliphatic rings. The third kappa shape index (κ3) is 5.20. The van der Waals surface area contributed by atoms with Crippen molar-refractivity contribution in [3.05, 3.63) is 54.4 Å². The van der Waals surface area contributed by atoms with E-state index in [0.29, 0.717) is 11.6 Å². The number of aromatic nitrogens is 3. The zero-order valence-corrected chi connectivity index (χ0v) is 17.5. The number of hydrogen-bond donors (Lipinski definition) is 3. The molecule has 8 nitrogen and oxygen atoms in total. The standard InChI is InChI=1S/C23H27N5O3/c1-15(26-23(30)31-14-16-5-3-2-4-6-16)17-7-9-18(10-8-17)22(29)27-20-11-12-24-21-19(20)13-25-28-21/h2-6,11-13,15,17-18H,7-10,14H2,1H3,(H,26,30)(H2,24,25,27,28,29)/t15?,17-,18-. The van der Waals surface area contributed by atoms with E-state index in [9.17, 15) is 9.59 Å². The molecule has 1 saturated carbocycles. The van der Waals surface area contributed by atoms with Crippen molar-refractivity contribution in [2.45, 2.75) is 45.3 Å². The Hall–Kier alpha value is -3.42. The molecule has 0 bridgehead atoms. The second kappa shape index (κ2) is 9.59. The van der Waals surface area contributed by atoms with Gasteiger partial charge >= 0.3 is 6.09 Å². The van der Waals surface area contributed by atoms with E-state index in [2.05, 4.69) is 25.8 Å². The Balaban J connectivity index is 1.23. The van der Waals surface area contributed by atoms with Crippen LogP contribution in [0.5, 0.6) is 0 Å². The van der Waals surface area contributed by atoms with Crippen molar-refractivity contribution in [1.29, 1.82) is 0 Å². The van der Waals surface area contributed by atoms with Crippen molar-refractivity contribution < 1.29 is 14.3 Å². The first-order chi connectivity index (χ1) is 15.1. The number of H-pyrrole nitrogens is 1. The fraction of sp³-hybridized carbons (Fsp3) is 0.391. The van der Waals surface area contributed by atoms with Gasteiger partial charge in [0.25, 0.3) is 0 Å². The van der Waals surface area contributed by atoms with Gasteiger partial charge in [0.05, 0.1) is 17.3 Å². The van der Waals surface area contributed by atoms with Gasteiger partial charge in [-0.05, 0) is 50.2 Å². The number of benzene rings is 1. The number of anilines is 1. The predicted octanol–water partition coefficient (Wildman–Crippen LogP) is 4.02. The van der Waals surface area contributed by atoms with Gasteiger partial charge in [0.2, 0.25) is 5.91 Å². The van der Waals surface area contributed by atoms with Crippen LogP contribution in [0.3, 0.4) is 0 Å². The van der Waals surface area contributed by atoms with Crippen molar-refractivity contribution in [2.24, 2.45) is 11.8 Å². The molecule has 162 valence electrons. The summed E-state index contributed by atoms with van der Waals surface area (Å²) in [5.41, 5.74) is 2.33. The molecule has 1 aliphatic carbocycles. The summed E-state index contributed by atoms with van der Waals surface area (Å²) in [5, 5.41) is 13.6. The lowest BCUT2D eigenvalue weighted by Crippen LogP contribution is -2.40. The Morgan fingerprint density at radius 2 is 1.94 bits per heavy atom. The summed E-state index contributed by atoms with van der Waals surface area (Å²) in [7, 11) is 0. The van der Waals surface area contributed by atoms with E-state index in [0.717, 1.165) is 42.3 Å². The molecule has 1 unspecified atom stereocenters. The van der Waals surface area contributed by atoms with Crippen LogP contribution in [-0.2, 0) is 16.1 Å². The second-order valence-electron chi connectivity index (χ2n) is 8.09. The number of amides is 2. The van der Waals surface area contributed by atoms with Crippen molar-refractivity contribution in [3.8, 4) is 0 Å². The molecule has 31 heavy (non-hydrogen) atoms. The number of carbonyl (C=O) groups excluding carboxylic acids is 2. The first-order valence-electron chi connectivity index (χ1n) is 10.7. The van der Waals surface area contributed by atoms with E-state index >= 15 is 0 Å². The summed E-state index contributed by atoms with van der Waals surface area (Å²) in [6.07, 6.45) is 6.27. The number of pyridine rings is 1. The van der Waals surface area contributed by atoms with Crippen LogP contribution in [-0.4, -0.2) is 33.2 Å². The zero-order valence-electron chi connectivity index (χ0n) is 17.5. The van der Waals surface area contributed by atoms with E-state index in [1.54, 1.807) is 18.5 Å². The van der Waals surface area contributed by atoms with Crippen LogP contribution in [0.25, 0.3) is 11.0 Å². The van der Waals surface area contributed by atoms with E-state index < -0.39 is 6.09 Å². The van der Waals surface area contributed by atoms with Gasteiger partial charge in [-0.15, -0.1) is 0 Å². The SMILES string of the molecule is CC(NC(=O)OCc1ccccc1)[C@H]1CC[C@H](C(=O)Nc2ccnc3[nH]ncc23)CC1. The van der Waals surface area contributed by atoms with Crippen LogP contribution >= 0.6 is 0 Å². The summed E-state index contributed by atoms with van der Waals surface area (Å²) in [6.45, 7) is 2.26. The third-order valence-electron chi connectivity index (χ3n) is 6.02. The first-order valence-corrected chi connectivity index (χ1v) is 10.7. The molecule has 1 aromatic carbocycles. The van der Waals surface area contributed by atoms with Gasteiger partial charge in [-0.25, -0.2) is 9.78 Å². The zero-order chi connectivity index (χ0) is 21.6. The second-order valence-corrected chi connectivity index (χ2v) is 8.09. The average Bonchev–Trinajstić information content (AvgIpc) is 3.28. The first kappa shape index (κ1) is 20.8. The number of alkyl carbamates (subject to hydrolysis) is 1. The number of ether oxygens (including phenoxy) is 1. The lowest BCUT2D eigenvalue weighted by atomic mass is 9.78. The van der Waals surface area contributed by atoms with Gasteiger partial charge in [0, 0.05) is 18.2 Å². The van der Waals surface area contributed by atoms with Gasteiger partial charge in [-0.2, -0.15) is 5.10 Å². The Labute approximate surface area is 180 Å². The third-order valence-corrected chi connectivity index (χ3v) is 6.02. The molecule has 8 heteroatoms. The molecular formula is C23H27N5O3. The van der Waals surface area contributed by atoms with E-state index in [-0.39, 0.29) is 24.5 Å². The minimum atomic E-state index is -0.405. The molecule has 4 rings (SSSR count). The normalized spacial score (nSPS) is 19.5. The number of fused-ring (bicyclic) bond motifs is 1.